The number of nitrogens with zero attached hydrogens (tertiary/aromatic N) is 1. The lowest BCUT2D eigenvalue weighted by molar-refractivity contribution is 0.473. The molecule has 2 rings (SSSR count). The third-order valence-electron chi connectivity index (χ3n) is 5.81. The highest BCUT2D eigenvalue weighted by Gasteiger charge is 2.19. The number of unbranched alkanes of at least 4 members (excludes halogenated alkanes) is 3. The number of hydrogen-bond acceptors (Lipinski definition) is 1. The maximum Gasteiger partial charge on any atom is 0.193 e. The SMILES string of the molecule is CCCCCCc1ccc(N(Cc2ccc(C(C)(C)CCC)cc2)C(=N)N)cc1. The summed E-state index contributed by atoms with van der Waals surface area (Å²) in [6.07, 6.45) is 8.59. The topological polar surface area (TPSA) is 53.1 Å². The van der Waals surface area contributed by atoms with Crippen molar-refractivity contribution in [3.63, 3.8) is 0 Å². The van der Waals surface area contributed by atoms with Crippen molar-refractivity contribution >= 4 is 11.6 Å². The van der Waals surface area contributed by atoms with E-state index in [4.69, 9.17) is 11.1 Å². The van der Waals surface area contributed by atoms with Crippen LogP contribution in [0.15, 0.2) is 48.5 Å². The number of nitrogens with two attached hydrogens (primary N) is 1. The Labute approximate surface area is 177 Å². The van der Waals surface area contributed by atoms with Crippen LogP contribution in [0.2, 0.25) is 0 Å². The average Bonchev–Trinajstić information content (AvgIpc) is 2.70. The van der Waals surface area contributed by atoms with E-state index in [9.17, 15) is 0 Å². The van der Waals surface area contributed by atoms with Gasteiger partial charge >= 0.3 is 0 Å². The Balaban J connectivity index is 2.05. The summed E-state index contributed by atoms with van der Waals surface area (Å²) in [5.74, 6) is 0.0797. The van der Waals surface area contributed by atoms with Crippen molar-refractivity contribution in [1.29, 1.82) is 5.41 Å². The van der Waals surface area contributed by atoms with Gasteiger partial charge in [0.2, 0.25) is 0 Å². The van der Waals surface area contributed by atoms with Crippen molar-refractivity contribution in [2.75, 3.05) is 4.90 Å². The normalized spacial score (nSPS) is 11.4. The number of nitrogens with one attached hydrogen (secondary N) is 1. The third-order valence-corrected chi connectivity index (χ3v) is 5.81. The van der Waals surface area contributed by atoms with Crippen LogP contribution in [-0.4, -0.2) is 5.96 Å². The molecule has 0 amide bonds. The zero-order valence-electron chi connectivity index (χ0n) is 18.8. The van der Waals surface area contributed by atoms with Crippen LogP contribution >= 0.6 is 0 Å². The first kappa shape index (κ1) is 23.0. The fourth-order valence-corrected chi connectivity index (χ4v) is 3.93. The van der Waals surface area contributed by atoms with E-state index in [0.717, 1.165) is 12.1 Å². The highest BCUT2D eigenvalue weighted by molar-refractivity contribution is 5.92. The Bertz CT molecular complexity index is 745. The summed E-state index contributed by atoms with van der Waals surface area (Å²) in [6.45, 7) is 9.69. The summed E-state index contributed by atoms with van der Waals surface area (Å²) < 4.78 is 0. The maximum absolute atomic E-state index is 8.05. The van der Waals surface area contributed by atoms with Gasteiger partial charge in [-0.25, -0.2) is 0 Å². The van der Waals surface area contributed by atoms with Gasteiger partial charge in [0, 0.05) is 5.69 Å². The van der Waals surface area contributed by atoms with E-state index in [0.29, 0.717) is 6.54 Å². The van der Waals surface area contributed by atoms with Crippen LogP contribution in [0.25, 0.3) is 0 Å². The Hall–Kier alpha value is -2.29. The van der Waals surface area contributed by atoms with Gasteiger partial charge in [-0.05, 0) is 53.5 Å². The van der Waals surface area contributed by atoms with E-state index in [-0.39, 0.29) is 11.4 Å². The molecule has 0 unspecified atom stereocenters. The third kappa shape index (κ3) is 6.92. The fraction of sp³-hybridized carbons (Fsp3) is 0.500. The van der Waals surface area contributed by atoms with Gasteiger partial charge in [-0.2, -0.15) is 0 Å². The molecule has 29 heavy (non-hydrogen) atoms. The highest BCUT2D eigenvalue weighted by Crippen LogP contribution is 2.29. The largest absolute Gasteiger partial charge is 0.370 e. The zero-order valence-corrected chi connectivity index (χ0v) is 18.8. The second kappa shape index (κ2) is 11.0. The molecule has 0 fully saturated rings. The lowest BCUT2D eigenvalue weighted by Gasteiger charge is -2.26. The Kier molecular flexibility index (Phi) is 8.75. The molecule has 0 saturated carbocycles. The summed E-state index contributed by atoms with van der Waals surface area (Å²) in [5, 5.41) is 8.05. The van der Waals surface area contributed by atoms with Crippen molar-refractivity contribution in [3.05, 3.63) is 65.2 Å². The Morgan fingerprint density at radius 1 is 0.862 bits per heavy atom. The number of anilines is 1. The Morgan fingerprint density at radius 3 is 2.03 bits per heavy atom. The second-order valence-electron chi connectivity index (χ2n) is 8.78. The summed E-state index contributed by atoms with van der Waals surface area (Å²) in [7, 11) is 0. The van der Waals surface area contributed by atoms with Crippen LogP contribution in [0, 0.1) is 5.41 Å². The molecule has 0 aliphatic rings. The van der Waals surface area contributed by atoms with Gasteiger partial charge in [0.15, 0.2) is 5.96 Å². The van der Waals surface area contributed by atoms with Gasteiger partial charge in [-0.15, -0.1) is 0 Å². The monoisotopic (exact) mass is 393 g/mol. The molecule has 3 heteroatoms. The molecule has 0 bridgehead atoms. The minimum absolute atomic E-state index is 0.0797. The molecule has 2 aromatic rings. The lowest BCUT2D eigenvalue weighted by atomic mass is 9.80. The van der Waals surface area contributed by atoms with Crippen LogP contribution < -0.4 is 10.6 Å². The molecule has 0 aromatic heterocycles. The van der Waals surface area contributed by atoms with Crippen LogP contribution in [-0.2, 0) is 18.4 Å². The van der Waals surface area contributed by atoms with Crippen LogP contribution in [0.4, 0.5) is 5.69 Å². The standard InChI is InChI=1S/C26H39N3/c1-5-7-8-9-10-21-13-17-24(18-14-21)29(25(27)28)20-22-11-15-23(16-12-22)26(3,4)19-6-2/h11-18H,5-10,19-20H2,1-4H3,(H3,27,28). The molecule has 0 aliphatic heterocycles. The van der Waals surface area contributed by atoms with Gasteiger partial charge < -0.3 is 10.6 Å². The predicted octanol–water partition coefficient (Wildman–Crippen LogP) is 6.79. The van der Waals surface area contributed by atoms with Crippen molar-refractivity contribution in [1.82, 2.24) is 0 Å². The van der Waals surface area contributed by atoms with Crippen LogP contribution in [0.5, 0.6) is 0 Å². The smallest absolute Gasteiger partial charge is 0.193 e. The summed E-state index contributed by atoms with van der Waals surface area (Å²) in [5.41, 5.74) is 11.0. The summed E-state index contributed by atoms with van der Waals surface area (Å²) in [4.78, 5) is 1.87. The molecule has 2 aromatic carbocycles. The first-order valence-corrected chi connectivity index (χ1v) is 11.2. The molecule has 3 nitrogen and oxygen atoms in total. The first-order chi connectivity index (χ1) is 13.9. The number of aryl methyl sites for hydroxylation is 1. The minimum Gasteiger partial charge on any atom is -0.370 e. The molecular weight excluding hydrogens is 354 g/mol. The van der Waals surface area contributed by atoms with Crippen LogP contribution in [0.3, 0.4) is 0 Å². The number of hydrogen-bond donors (Lipinski definition) is 2. The quantitative estimate of drug-likeness (QED) is 0.251. The number of guanidine groups is 1. The van der Waals surface area contributed by atoms with Gasteiger partial charge in [0.05, 0.1) is 6.54 Å². The van der Waals surface area contributed by atoms with E-state index in [2.05, 4.69) is 76.2 Å². The minimum atomic E-state index is 0.0797. The van der Waals surface area contributed by atoms with E-state index >= 15 is 0 Å². The zero-order chi connectivity index (χ0) is 21.3. The molecule has 158 valence electrons. The highest BCUT2D eigenvalue weighted by atomic mass is 15.2. The molecule has 0 heterocycles. The van der Waals surface area contributed by atoms with Crippen LogP contribution in [0.1, 0.15) is 82.9 Å². The lowest BCUT2D eigenvalue weighted by Crippen LogP contribution is -2.35. The van der Waals surface area contributed by atoms with Gasteiger partial charge in [0.25, 0.3) is 0 Å². The molecule has 3 N–H and O–H groups in total. The summed E-state index contributed by atoms with van der Waals surface area (Å²) >= 11 is 0. The van der Waals surface area contributed by atoms with Gasteiger partial charge in [-0.1, -0.05) is 89.8 Å². The number of rotatable bonds is 11. The molecule has 0 spiro atoms. The molecule has 0 aliphatic carbocycles. The van der Waals surface area contributed by atoms with E-state index in [1.54, 1.807) is 0 Å². The number of benzene rings is 2. The molecule has 0 atom stereocenters. The second-order valence-corrected chi connectivity index (χ2v) is 8.78. The van der Waals surface area contributed by atoms with Crippen molar-refractivity contribution in [2.45, 2.75) is 84.6 Å². The van der Waals surface area contributed by atoms with E-state index < -0.39 is 0 Å². The van der Waals surface area contributed by atoms with Crippen molar-refractivity contribution in [2.24, 2.45) is 5.73 Å². The molecule has 0 saturated heterocycles. The maximum atomic E-state index is 8.05. The van der Waals surface area contributed by atoms with E-state index in [1.165, 1.54) is 55.2 Å². The van der Waals surface area contributed by atoms with Crippen molar-refractivity contribution < 1.29 is 0 Å². The fourth-order valence-electron chi connectivity index (χ4n) is 3.93. The molecule has 0 radical (unpaired) electrons. The van der Waals surface area contributed by atoms with Crippen molar-refractivity contribution in [3.8, 4) is 0 Å². The van der Waals surface area contributed by atoms with Gasteiger partial charge in [0.1, 0.15) is 0 Å². The predicted molar refractivity (Wildman–Crippen MR) is 127 cm³/mol. The van der Waals surface area contributed by atoms with E-state index in [1.807, 2.05) is 4.90 Å². The summed E-state index contributed by atoms with van der Waals surface area (Å²) in [6, 6.07) is 17.3. The Morgan fingerprint density at radius 2 is 1.48 bits per heavy atom. The van der Waals surface area contributed by atoms with Gasteiger partial charge in [-0.3, -0.25) is 5.41 Å². The first-order valence-electron chi connectivity index (χ1n) is 11.2. The average molecular weight is 394 g/mol. The molecular formula is C26H39N3.